The Morgan fingerprint density at radius 2 is 1.57 bits per heavy atom. The monoisotopic (exact) mass is 564 g/mol. The van der Waals surface area contributed by atoms with E-state index in [-0.39, 0.29) is 17.8 Å². The molecular weight excluding hydrogens is 541 g/mol. The average Bonchev–Trinajstić information content (AvgIpc) is 3.58. The second-order valence-corrected chi connectivity index (χ2v) is 10.8. The Labute approximate surface area is 240 Å². The van der Waals surface area contributed by atoms with Crippen molar-refractivity contribution in [3.05, 3.63) is 143 Å². The predicted octanol–water partition coefficient (Wildman–Crippen LogP) is 6.56. The largest absolute Gasteiger partial charge is 0.351 e. The van der Waals surface area contributed by atoms with Gasteiger partial charge in [-0.05, 0) is 85.0 Å². The Bertz CT molecular complexity index is 1630. The van der Waals surface area contributed by atoms with Crippen LogP contribution >= 0.6 is 24.0 Å². The first-order valence-electron chi connectivity index (χ1n) is 12.6. The molecular formula is C30H24N6O2S2. The fraction of sp³-hybridized carbons (Fsp3) is 0.100. The summed E-state index contributed by atoms with van der Waals surface area (Å²) < 4.78 is 2.21. The van der Waals surface area contributed by atoms with Crippen molar-refractivity contribution in [1.82, 2.24) is 19.9 Å². The van der Waals surface area contributed by atoms with Crippen molar-refractivity contribution in [2.75, 3.05) is 4.90 Å². The van der Waals surface area contributed by atoms with Crippen LogP contribution < -0.4 is 10.2 Å². The molecule has 2 atom stereocenters. The van der Waals surface area contributed by atoms with Gasteiger partial charge in [0.2, 0.25) is 0 Å². The topological polar surface area (TPSA) is 89.1 Å². The van der Waals surface area contributed by atoms with E-state index in [1.807, 2.05) is 54.7 Å². The molecule has 3 aromatic heterocycles. The molecule has 6 rings (SSSR count). The van der Waals surface area contributed by atoms with Crippen LogP contribution in [0.25, 0.3) is 0 Å². The van der Waals surface area contributed by atoms with E-state index in [9.17, 15) is 10.1 Å². The Morgan fingerprint density at radius 3 is 2.23 bits per heavy atom. The number of hydrogen-bond donors (Lipinski definition) is 1. The van der Waals surface area contributed by atoms with Crippen molar-refractivity contribution in [2.24, 2.45) is 0 Å². The zero-order valence-electron chi connectivity index (χ0n) is 21.2. The number of hydrogen-bond acceptors (Lipinski definition) is 6. The lowest BCUT2D eigenvalue weighted by Gasteiger charge is -2.29. The molecule has 1 fully saturated rings. The number of anilines is 1. The molecule has 198 valence electrons. The minimum Gasteiger partial charge on any atom is -0.351 e. The number of nitro benzene ring substituents is 1. The van der Waals surface area contributed by atoms with E-state index in [1.54, 1.807) is 30.1 Å². The van der Waals surface area contributed by atoms with Gasteiger partial charge in [-0.25, -0.2) is 0 Å². The number of thiocarbonyl (C=S) groups is 1. The number of non-ortho nitro benzene ring substituents is 1. The van der Waals surface area contributed by atoms with Crippen molar-refractivity contribution in [2.45, 2.75) is 28.4 Å². The van der Waals surface area contributed by atoms with Crippen LogP contribution in [-0.2, 0) is 6.54 Å². The van der Waals surface area contributed by atoms with Gasteiger partial charge in [0.1, 0.15) is 6.04 Å². The summed E-state index contributed by atoms with van der Waals surface area (Å²) in [7, 11) is 0. The Kier molecular flexibility index (Phi) is 7.26. The van der Waals surface area contributed by atoms with Crippen LogP contribution in [0, 0.1) is 10.1 Å². The molecule has 1 aliphatic rings. The summed E-state index contributed by atoms with van der Waals surface area (Å²) in [5.41, 5.74) is 4.02. The number of nitrogens with zero attached hydrogens (tertiary/aromatic N) is 5. The zero-order chi connectivity index (χ0) is 27.5. The lowest BCUT2D eigenvalue weighted by atomic mass is 10.0. The first-order chi connectivity index (χ1) is 19.6. The molecule has 1 N–H and O–H groups in total. The average molecular weight is 565 g/mol. The van der Waals surface area contributed by atoms with Crippen LogP contribution in [0.2, 0.25) is 0 Å². The molecule has 0 bridgehead atoms. The Morgan fingerprint density at radius 1 is 0.875 bits per heavy atom. The van der Waals surface area contributed by atoms with Gasteiger partial charge in [-0.15, -0.1) is 0 Å². The lowest BCUT2D eigenvalue weighted by molar-refractivity contribution is -0.384. The van der Waals surface area contributed by atoms with Crippen molar-refractivity contribution < 1.29 is 4.92 Å². The summed E-state index contributed by atoms with van der Waals surface area (Å²) >= 11 is 7.45. The predicted molar refractivity (Wildman–Crippen MR) is 159 cm³/mol. The second kappa shape index (κ2) is 11.3. The van der Waals surface area contributed by atoms with Crippen molar-refractivity contribution in [3.8, 4) is 0 Å². The fourth-order valence-corrected chi connectivity index (χ4v) is 6.05. The van der Waals surface area contributed by atoms with E-state index < -0.39 is 4.92 Å². The molecule has 0 radical (unpaired) electrons. The highest BCUT2D eigenvalue weighted by atomic mass is 32.2. The highest BCUT2D eigenvalue weighted by Gasteiger charge is 2.42. The van der Waals surface area contributed by atoms with Gasteiger partial charge in [-0.2, -0.15) is 0 Å². The van der Waals surface area contributed by atoms with E-state index in [0.717, 1.165) is 32.6 Å². The van der Waals surface area contributed by atoms with E-state index in [4.69, 9.17) is 12.2 Å². The summed E-state index contributed by atoms with van der Waals surface area (Å²) in [5, 5.41) is 15.1. The number of rotatable bonds is 8. The van der Waals surface area contributed by atoms with Crippen molar-refractivity contribution in [3.63, 3.8) is 0 Å². The number of nitro groups is 1. The van der Waals surface area contributed by atoms with Crippen molar-refractivity contribution >= 4 is 40.5 Å². The van der Waals surface area contributed by atoms with E-state index in [2.05, 4.69) is 55.2 Å². The molecule has 5 aromatic rings. The van der Waals surface area contributed by atoms with Gasteiger partial charge >= 0.3 is 0 Å². The number of aromatic nitrogens is 3. The van der Waals surface area contributed by atoms with Crippen LogP contribution in [0.15, 0.2) is 125 Å². The van der Waals surface area contributed by atoms with Crippen LogP contribution in [-0.4, -0.2) is 24.6 Å². The van der Waals surface area contributed by atoms with Gasteiger partial charge in [0.15, 0.2) is 5.11 Å². The minimum atomic E-state index is -0.391. The number of benzene rings is 2. The lowest BCUT2D eigenvalue weighted by Crippen LogP contribution is -2.30. The van der Waals surface area contributed by atoms with E-state index in [0.29, 0.717) is 11.7 Å². The maximum absolute atomic E-state index is 11.0. The van der Waals surface area contributed by atoms with Gasteiger partial charge in [-0.3, -0.25) is 20.1 Å². The highest BCUT2D eigenvalue weighted by Crippen LogP contribution is 2.42. The standard InChI is InChI=1S/C30H24N6O2S2/c37-36(38)23-11-15-25(16-12-23)40-24-13-9-22(10-14-24)35-29(28(33-30(35)39)26-7-2-4-18-32-26)27-8-5-19-34(27)20-21-6-1-3-17-31-21/h1-19,28-29H,20H2,(H,33,39)/t28-,29+/m0/s1. The van der Waals surface area contributed by atoms with Gasteiger partial charge in [0.05, 0.1) is 28.9 Å². The fourth-order valence-electron chi connectivity index (χ4n) is 4.89. The molecule has 0 unspecified atom stereocenters. The normalized spacial score (nSPS) is 16.6. The summed E-state index contributed by atoms with van der Waals surface area (Å²) in [5.74, 6) is 0. The number of nitrogens with one attached hydrogen (secondary N) is 1. The van der Waals surface area contributed by atoms with E-state index in [1.165, 1.54) is 12.1 Å². The van der Waals surface area contributed by atoms with Crippen LogP contribution in [0.5, 0.6) is 0 Å². The molecule has 0 amide bonds. The van der Waals surface area contributed by atoms with Crippen LogP contribution in [0.3, 0.4) is 0 Å². The molecule has 1 saturated heterocycles. The molecule has 10 heteroatoms. The van der Waals surface area contributed by atoms with Crippen LogP contribution in [0.1, 0.15) is 29.2 Å². The molecule has 0 spiro atoms. The van der Waals surface area contributed by atoms with E-state index >= 15 is 0 Å². The Hall–Kier alpha value is -4.54. The SMILES string of the molecule is O=[N+]([O-])c1ccc(Sc2ccc(N3C(=S)N[C@@H](c4ccccn4)[C@H]3c3cccn3Cc3ccccn3)cc2)cc1. The van der Waals surface area contributed by atoms with Gasteiger partial charge < -0.3 is 14.8 Å². The third kappa shape index (κ3) is 5.31. The van der Waals surface area contributed by atoms with Gasteiger partial charge in [0, 0.05) is 51.9 Å². The quantitative estimate of drug-likeness (QED) is 0.129. The molecule has 0 saturated carbocycles. The first-order valence-corrected chi connectivity index (χ1v) is 13.9. The third-order valence-electron chi connectivity index (χ3n) is 6.72. The molecule has 2 aromatic carbocycles. The Balaban J connectivity index is 1.32. The molecule has 8 nitrogen and oxygen atoms in total. The van der Waals surface area contributed by atoms with Gasteiger partial charge in [0.25, 0.3) is 5.69 Å². The zero-order valence-corrected chi connectivity index (χ0v) is 22.8. The second-order valence-electron chi connectivity index (χ2n) is 9.23. The maximum Gasteiger partial charge on any atom is 0.269 e. The summed E-state index contributed by atoms with van der Waals surface area (Å²) in [6.45, 7) is 0.639. The number of pyridine rings is 2. The molecule has 0 aliphatic carbocycles. The van der Waals surface area contributed by atoms with Crippen LogP contribution in [0.4, 0.5) is 11.4 Å². The maximum atomic E-state index is 11.0. The van der Waals surface area contributed by atoms with Crippen molar-refractivity contribution in [1.29, 1.82) is 0 Å². The highest BCUT2D eigenvalue weighted by molar-refractivity contribution is 7.99. The first kappa shape index (κ1) is 25.7. The summed E-state index contributed by atoms with van der Waals surface area (Å²) in [6, 6.07) is 30.5. The van der Waals surface area contributed by atoms with Gasteiger partial charge in [-0.1, -0.05) is 23.9 Å². The smallest absolute Gasteiger partial charge is 0.269 e. The molecule has 40 heavy (non-hydrogen) atoms. The minimum absolute atomic E-state index is 0.0797. The molecule has 4 heterocycles. The summed E-state index contributed by atoms with van der Waals surface area (Å²) in [6.07, 6.45) is 5.68. The molecule has 1 aliphatic heterocycles. The summed E-state index contributed by atoms with van der Waals surface area (Å²) in [4.78, 5) is 23.9. The third-order valence-corrected chi connectivity index (χ3v) is 8.05.